The second-order valence-electron chi connectivity index (χ2n) is 10.7. The number of amides is 1. The van der Waals surface area contributed by atoms with Gasteiger partial charge in [-0.2, -0.15) is 0 Å². The standard InChI is InChI=1S/C35H38ClN3O3/c36-29-17-18-30(37-23-29)24-39-19-9-10-20-41-25-31(21-27-11-3-1-4-12-27)38-35(40)33-15-7-8-16-34(33)42-26-32(39)22-28-13-5-2-6-14-28/h1-8,11-18,23,31-32H,9-10,19-22,24-26H2,(H,38,40)/t31-,32-/m0/s1. The number of aromatic nitrogens is 1. The number of benzene rings is 3. The molecule has 0 aliphatic carbocycles. The predicted octanol–water partition coefficient (Wildman–Crippen LogP) is 6.38. The van der Waals surface area contributed by atoms with Gasteiger partial charge in [-0.05, 0) is 67.6 Å². The van der Waals surface area contributed by atoms with Crippen LogP contribution in [0.4, 0.5) is 0 Å². The van der Waals surface area contributed by atoms with Crippen molar-refractivity contribution in [3.63, 3.8) is 0 Å². The SMILES string of the molecule is O=C1N[C@@H](Cc2ccccc2)COCCCCN(Cc2ccc(Cl)cn2)[C@@H](Cc2ccccc2)COc2ccccc21. The zero-order valence-electron chi connectivity index (χ0n) is 23.8. The Morgan fingerprint density at radius 2 is 1.55 bits per heavy atom. The molecule has 1 amide bonds. The van der Waals surface area contributed by atoms with E-state index in [1.54, 1.807) is 6.20 Å². The molecule has 3 aromatic carbocycles. The molecular formula is C35H38ClN3O3. The molecule has 1 aliphatic rings. The van der Waals surface area contributed by atoms with Crippen LogP contribution in [0.1, 0.15) is 40.0 Å². The monoisotopic (exact) mass is 583 g/mol. The predicted molar refractivity (Wildman–Crippen MR) is 167 cm³/mol. The van der Waals surface area contributed by atoms with Crippen LogP contribution < -0.4 is 10.1 Å². The van der Waals surface area contributed by atoms with Gasteiger partial charge in [0.1, 0.15) is 12.4 Å². The Bertz CT molecular complexity index is 1390. The molecule has 1 aromatic heterocycles. The summed E-state index contributed by atoms with van der Waals surface area (Å²) < 4.78 is 12.6. The molecule has 2 heterocycles. The van der Waals surface area contributed by atoms with E-state index in [0.29, 0.717) is 49.1 Å². The van der Waals surface area contributed by atoms with Gasteiger partial charge in [0.15, 0.2) is 0 Å². The third-order valence-electron chi connectivity index (χ3n) is 7.51. The minimum absolute atomic E-state index is 0.0536. The van der Waals surface area contributed by atoms with E-state index >= 15 is 0 Å². The number of rotatable bonds is 6. The summed E-state index contributed by atoms with van der Waals surface area (Å²) in [5.41, 5.74) is 3.87. The van der Waals surface area contributed by atoms with Crippen LogP contribution >= 0.6 is 11.6 Å². The molecule has 0 bridgehead atoms. The van der Waals surface area contributed by atoms with E-state index in [2.05, 4.69) is 51.6 Å². The second-order valence-corrected chi connectivity index (χ2v) is 11.2. The highest BCUT2D eigenvalue weighted by Gasteiger charge is 2.23. The Labute approximate surface area is 253 Å². The molecule has 0 unspecified atom stereocenters. The number of nitrogens with one attached hydrogen (secondary N) is 1. The Balaban J connectivity index is 1.40. The van der Waals surface area contributed by atoms with Crippen molar-refractivity contribution in [2.24, 2.45) is 0 Å². The van der Waals surface area contributed by atoms with Crippen molar-refractivity contribution in [1.82, 2.24) is 15.2 Å². The van der Waals surface area contributed by atoms with Crippen molar-refractivity contribution in [1.29, 1.82) is 0 Å². The third-order valence-corrected chi connectivity index (χ3v) is 7.73. The van der Waals surface area contributed by atoms with Gasteiger partial charge in [-0.1, -0.05) is 84.4 Å². The molecule has 0 fully saturated rings. The van der Waals surface area contributed by atoms with E-state index in [1.165, 1.54) is 5.56 Å². The number of nitrogens with zero attached hydrogens (tertiary/aromatic N) is 2. The summed E-state index contributed by atoms with van der Waals surface area (Å²) in [4.78, 5) is 20.6. The zero-order valence-corrected chi connectivity index (χ0v) is 24.6. The van der Waals surface area contributed by atoms with Crippen molar-refractivity contribution in [3.8, 4) is 5.75 Å². The number of pyridine rings is 1. The first-order valence-electron chi connectivity index (χ1n) is 14.7. The molecule has 5 rings (SSSR count). The lowest BCUT2D eigenvalue weighted by molar-refractivity contribution is 0.0819. The van der Waals surface area contributed by atoms with Gasteiger partial charge in [0.05, 0.1) is 28.9 Å². The topological polar surface area (TPSA) is 63.7 Å². The van der Waals surface area contributed by atoms with Crippen LogP contribution in [0.2, 0.25) is 5.02 Å². The lowest BCUT2D eigenvalue weighted by Crippen LogP contribution is -2.42. The Hall–Kier alpha value is -3.71. The molecular weight excluding hydrogens is 546 g/mol. The number of carbonyl (C=O) groups is 1. The van der Waals surface area contributed by atoms with E-state index in [4.69, 9.17) is 21.1 Å². The van der Waals surface area contributed by atoms with Crippen LogP contribution in [0.5, 0.6) is 5.75 Å². The Morgan fingerprint density at radius 3 is 2.29 bits per heavy atom. The molecule has 6 nitrogen and oxygen atoms in total. The average Bonchev–Trinajstić information content (AvgIpc) is 3.02. The van der Waals surface area contributed by atoms with Crippen molar-refractivity contribution in [3.05, 3.63) is 131 Å². The van der Waals surface area contributed by atoms with Crippen LogP contribution in [0.3, 0.4) is 0 Å². The van der Waals surface area contributed by atoms with Gasteiger partial charge in [0, 0.05) is 25.4 Å². The van der Waals surface area contributed by atoms with Crippen LogP contribution in [0, 0.1) is 0 Å². The number of ether oxygens (including phenoxy) is 2. The maximum atomic E-state index is 13.6. The summed E-state index contributed by atoms with van der Waals surface area (Å²) in [5, 5.41) is 3.84. The summed E-state index contributed by atoms with van der Waals surface area (Å²) in [6.45, 7) is 3.03. The zero-order chi connectivity index (χ0) is 29.0. The Kier molecular flexibility index (Phi) is 11.0. The molecule has 42 heavy (non-hydrogen) atoms. The fraction of sp³-hybridized carbons (Fsp3) is 0.314. The number of carbonyl (C=O) groups excluding carboxylic acids is 1. The van der Waals surface area contributed by atoms with Gasteiger partial charge < -0.3 is 14.8 Å². The van der Waals surface area contributed by atoms with Gasteiger partial charge in [-0.3, -0.25) is 14.7 Å². The highest BCUT2D eigenvalue weighted by molar-refractivity contribution is 6.30. The summed E-state index contributed by atoms with van der Waals surface area (Å²) in [7, 11) is 0. The summed E-state index contributed by atoms with van der Waals surface area (Å²) >= 11 is 6.13. The summed E-state index contributed by atoms with van der Waals surface area (Å²) in [5.74, 6) is 0.415. The quantitative estimate of drug-likeness (QED) is 0.285. The Morgan fingerprint density at radius 1 is 0.833 bits per heavy atom. The fourth-order valence-corrected chi connectivity index (χ4v) is 5.41. The highest BCUT2D eigenvalue weighted by atomic mass is 35.5. The van der Waals surface area contributed by atoms with Gasteiger partial charge >= 0.3 is 0 Å². The van der Waals surface area contributed by atoms with Gasteiger partial charge in [-0.15, -0.1) is 0 Å². The minimum atomic E-state index is -0.160. The van der Waals surface area contributed by atoms with Crippen LogP contribution in [-0.2, 0) is 24.1 Å². The molecule has 0 spiro atoms. The minimum Gasteiger partial charge on any atom is -0.491 e. The van der Waals surface area contributed by atoms with Crippen LogP contribution in [0.15, 0.2) is 103 Å². The van der Waals surface area contributed by atoms with Gasteiger partial charge in [0.25, 0.3) is 5.91 Å². The van der Waals surface area contributed by atoms with Crippen molar-refractivity contribution in [2.75, 3.05) is 26.4 Å². The van der Waals surface area contributed by atoms with Crippen LogP contribution in [-0.4, -0.2) is 54.2 Å². The largest absolute Gasteiger partial charge is 0.491 e. The first-order chi connectivity index (χ1) is 20.6. The van der Waals surface area contributed by atoms with Gasteiger partial charge in [-0.25, -0.2) is 0 Å². The molecule has 0 saturated carbocycles. The van der Waals surface area contributed by atoms with E-state index in [-0.39, 0.29) is 18.0 Å². The number of fused-ring (bicyclic) bond motifs is 1. The fourth-order valence-electron chi connectivity index (χ4n) is 5.30. The second kappa shape index (κ2) is 15.5. The number of halogens is 1. The normalized spacial score (nSPS) is 19.0. The number of para-hydroxylation sites is 1. The molecule has 4 aromatic rings. The van der Waals surface area contributed by atoms with E-state index in [0.717, 1.165) is 37.1 Å². The molecule has 0 saturated heterocycles. The highest BCUT2D eigenvalue weighted by Crippen LogP contribution is 2.22. The van der Waals surface area contributed by atoms with Crippen molar-refractivity contribution < 1.29 is 14.3 Å². The van der Waals surface area contributed by atoms with E-state index in [9.17, 15) is 4.79 Å². The first kappa shape index (κ1) is 29.8. The average molecular weight is 584 g/mol. The van der Waals surface area contributed by atoms with Crippen molar-refractivity contribution >= 4 is 17.5 Å². The summed E-state index contributed by atoms with van der Waals surface area (Å²) in [6, 6.07) is 31.9. The molecule has 1 N–H and O–H groups in total. The van der Waals surface area contributed by atoms with Gasteiger partial charge in [0.2, 0.25) is 0 Å². The van der Waals surface area contributed by atoms with E-state index in [1.807, 2.05) is 60.7 Å². The number of hydrogen-bond donors (Lipinski definition) is 1. The number of hydrogen-bond acceptors (Lipinski definition) is 5. The molecule has 7 heteroatoms. The van der Waals surface area contributed by atoms with Crippen molar-refractivity contribution in [2.45, 2.75) is 44.3 Å². The lowest BCUT2D eigenvalue weighted by atomic mass is 10.0. The maximum Gasteiger partial charge on any atom is 0.255 e. The van der Waals surface area contributed by atoms with E-state index < -0.39 is 0 Å². The molecule has 218 valence electrons. The lowest BCUT2D eigenvalue weighted by Gasteiger charge is -2.32. The molecule has 2 atom stereocenters. The molecule has 1 aliphatic heterocycles. The first-order valence-corrected chi connectivity index (χ1v) is 15.0. The maximum absolute atomic E-state index is 13.6. The van der Waals surface area contributed by atoms with Crippen LogP contribution in [0.25, 0.3) is 0 Å². The smallest absolute Gasteiger partial charge is 0.255 e. The molecule has 0 radical (unpaired) electrons. The third kappa shape index (κ3) is 8.89. The summed E-state index contributed by atoms with van der Waals surface area (Å²) in [6.07, 6.45) is 5.07.